The number of aryl methyl sites for hydroxylation is 1. The molecule has 2 N–H and O–H groups in total. The minimum atomic E-state index is 0.118. The van der Waals surface area contributed by atoms with E-state index in [9.17, 15) is 4.79 Å². The highest BCUT2D eigenvalue weighted by Crippen LogP contribution is 2.11. The van der Waals surface area contributed by atoms with E-state index in [1.807, 2.05) is 13.1 Å². The number of carbonyl (C=O) groups excluding carboxylic acids is 1. The van der Waals surface area contributed by atoms with Crippen LogP contribution in [0.3, 0.4) is 0 Å². The van der Waals surface area contributed by atoms with Gasteiger partial charge < -0.3 is 10.6 Å². The molecule has 0 spiro atoms. The summed E-state index contributed by atoms with van der Waals surface area (Å²) in [4.78, 5) is 17.0. The number of hydrogen-bond acceptors (Lipinski definition) is 4. The van der Waals surface area contributed by atoms with E-state index in [1.165, 1.54) is 11.3 Å². The smallest absolute Gasteiger partial charge is 0.221 e. The molecular formula is C11H17N3OS. The molecule has 1 fully saturated rings. The van der Waals surface area contributed by atoms with Crippen molar-refractivity contribution in [1.29, 1.82) is 0 Å². The zero-order valence-electron chi connectivity index (χ0n) is 9.45. The summed E-state index contributed by atoms with van der Waals surface area (Å²) < 4.78 is 0. The highest BCUT2D eigenvalue weighted by Gasteiger charge is 2.17. The lowest BCUT2D eigenvalue weighted by molar-refractivity contribution is -0.121. The molecule has 16 heavy (non-hydrogen) atoms. The van der Waals surface area contributed by atoms with E-state index in [2.05, 4.69) is 15.6 Å². The van der Waals surface area contributed by atoms with Crippen LogP contribution in [0.4, 0.5) is 0 Å². The summed E-state index contributed by atoms with van der Waals surface area (Å²) in [6.45, 7) is 3.62. The molecule has 4 nitrogen and oxygen atoms in total. The molecule has 1 aliphatic heterocycles. The first kappa shape index (κ1) is 11.5. The van der Waals surface area contributed by atoms with Gasteiger partial charge in [-0.25, -0.2) is 4.98 Å². The van der Waals surface area contributed by atoms with Gasteiger partial charge in [0.25, 0.3) is 0 Å². The largest absolute Gasteiger partial charge is 0.350 e. The van der Waals surface area contributed by atoms with Crippen molar-refractivity contribution in [3.05, 3.63) is 16.1 Å². The van der Waals surface area contributed by atoms with Gasteiger partial charge in [0, 0.05) is 23.5 Å². The molecule has 0 aliphatic carbocycles. The van der Waals surface area contributed by atoms with Crippen molar-refractivity contribution in [2.75, 3.05) is 6.54 Å². The first-order valence-electron chi connectivity index (χ1n) is 5.65. The minimum absolute atomic E-state index is 0.118. The van der Waals surface area contributed by atoms with Gasteiger partial charge in [0.2, 0.25) is 5.91 Å². The second kappa shape index (κ2) is 5.41. The molecule has 88 valence electrons. The quantitative estimate of drug-likeness (QED) is 0.830. The third-order valence-corrected chi connectivity index (χ3v) is 3.61. The van der Waals surface area contributed by atoms with Gasteiger partial charge in [-0.05, 0) is 26.3 Å². The SMILES string of the molecule is Cc1cnc(CNC(=O)CC2CCCN2)s1. The van der Waals surface area contributed by atoms with E-state index in [-0.39, 0.29) is 5.91 Å². The molecule has 1 amide bonds. The molecule has 2 heterocycles. The average molecular weight is 239 g/mol. The van der Waals surface area contributed by atoms with Gasteiger partial charge in [-0.15, -0.1) is 11.3 Å². The third-order valence-electron chi connectivity index (χ3n) is 2.70. The molecule has 0 aromatic carbocycles. The summed E-state index contributed by atoms with van der Waals surface area (Å²) in [5.41, 5.74) is 0. The van der Waals surface area contributed by atoms with Crippen molar-refractivity contribution < 1.29 is 4.79 Å². The predicted molar refractivity (Wildman–Crippen MR) is 64.3 cm³/mol. The van der Waals surface area contributed by atoms with Gasteiger partial charge in [-0.1, -0.05) is 0 Å². The second-order valence-corrected chi connectivity index (χ2v) is 5.46. The zero-order chi connectivity index (χ0) is 11.4. The Kier molecular flexibility index (Phi) is 3.90. The van der Waals surface area contributed by atoms with Gasteiger partial charge in [0.05, 0.1) is 6.54 Å². The molecule has 5 heteroatoms. The molecule has 1 saturated heterocycles. The number of nitrogens with one attached hydrogen (secondary N) is 2. The van der Waals surface area contributed by atoms with E-state index >= 15 is 0 Å². The van der Waals surface area contributed by atoms with Crippen molar-refractivity contribution in [3.8, 4) is 0 Å². The normalized spacial score (nSPS) is 19.9. The molecule has 1 atom stereocenters. The van der Waals surface area contributed by atoms with E-state index < -0.39 is 0 Å². The molecule has 1 aliphatic rings. The van der Waals surface area contributed by atoms with Crippen LogP contribution < -0.4 is 10.6 Å². The highest BCUT2D eigenvalue weighted by atomic mass is 32.1. The van der Waals surface area contributed by atoms with Crippen LogP contribution in [0.25, 0.3) is 0 Å². The van der Waals surface area contributed by atoms with E-state index in [0.717, 1.165) is 18.0 Å². The standard InChI is InChI=1S/C11H17N3OS/c1-8-6-14-11(16-8)7-13-10(15)5-9-3-2-4-12-9/h6,9,12H,2-5,7H2,1H3,(H,13,15). The van der Waals surface area contributed by atoms with Gasteiger partial charge in [0.15, 0.2) is 0 Å². The van der Waals surface area contributed by atoms with Crippen molar-refractivity contribution in [1.82, 2.24) is 15.6 Å². The van der Waals surface area contributed by atoms with Crippen molar-refractivity contribution in [2.45, 2.75) is 38.8 Å². The lowest BCUT2D eigenvalue weighted by atomic mass is 10.1. The Bertz CT molecular complexity index is 358. The molecule has 0 bridgehead atoms. The van der Waals surface area contributed by atoms with Gasteiger partial charge in [-0.3, -0.25) is 4.79 Å². The molecule has 2 rings (SSSR count). The van der Waals surface area contributed by atoms with E-state index in [1.54, 1.807) is 11.3 Å². The van der Waals surface area contributed by atoms with E-state index in [0.29, 0.717) is 19.0 Å². The van der Waals surface area contributed by atoms with Gasteiger partial charge in [0.1, 0.15) is 5.01 Å². The topological polar surface area (TPSA) is 54.0 Å². The Labute approximate surface area is 99.5 Å². The van der Waals surface area contributed by atoms with Crippen molar-refractivity contribution in [2.24, 2.45) is 0 Å². The maximum atomic E-state index is 11.6. The van der Waals surface area contributed by atoms with Gasteiger partial charge in [-0.2, -0.15) is 0 Å². The average Bonchev–Trinajstić information content (AvgIpc) is 2.87. The minimum Gasteiger partial charge on any atom is -0.350 e. The fourth-order valence-electron chi connectivity index (χ4n) is 1.88. The second-order valence-electron chi connectivity index (χ2n) is 4.14. The van der Waals surface area contributed by atoms with E-state index in [4.69, 9.17) is 0 Å². The molecule has 1 aromatic rings. The first-order chi connectivity index (χ1) is 7.74. The summed E-state index contributed by atoms with van der Waals surface area (Å²) in [6, 6.07) is 0.373. The molecule has 1 unspecified atom stereocenters. The number of nitrogens with zero attached hydrogens (tertiary/aromatic N) is 1. The Hall–Kier alpha value is -0.940. The predicted octanol–water partition coefficient (Wildman–Crippen LogP) is 1.21. The Morgan fingerprint density at radius 1 is 1.75 bits per heavy atom. The van der Waals surface area contributed by atoms with Gasteiger partial charge >= 0.3 is 0 Å². The lowest BCUT2D eigenvalue weighted by Gasteiger charge is -2.09. The number of amides is 1. The summed E-state index contributed by atoms with van der Waals surface area (Å²) in [6.07, 6.45) is 4.72. The maximum Gasteiger partial charge on any atom is 0.221 e. The summed E-state index contributed by atoms with van der Waals surface area (Å²) >= 11 is 1.63. The van der Waals surface area contributed by atoms with Crippen LogP contribution in [-0.4, -0.2) is 23.5 Å². The summed E-state index contributed by atoms with van der Waals surface area (Å²) in [7, 11) is 0. The van der Waals surface area contributed by atoms with Crippen LogP contribution in [0, 0.1) is 6.92 Å². The Morgan fingerprint density at radius 2 is 2.62 bits per heavy atom. The highest BCUT2D eigenvalue weighted by molar-refractivity contribution is 7.11. The van der Waals surface area contributed by atoms with Crippen LogP contribution in [0.5, 0.6) is 0 Å². The fourth-order valence-corrected chi connectivity index (χ4v) is 2.61. The monoisotopic (exact) mass is 239 g/mol. The molecular weight excluding hydrogens is 222 g/mol. The lowest BCUT2D eigenvalue weighted by Crippen LogP contribution is -2.31. The summed E-state index contributed by atoms with van der Waals surface area (Å²) in [5.74, 6) is 0.118. The fraction of sp³-hybridized carbons (Fsp3) is 0.636. The number of carbonyl (C=O) groups is 1. The summed E-state index contributed by atoms with van der Waals surface area (Å²) in [5, 5.41) is 7.20. The van der Waals surface area contributed by atoms with Crippen LogP contribution >= 0.6 is 11.3 Å². The zero-order valence-corrected chi connectivity index (χ0v) is 10.3. The Morgan fingerprint density at radius 3 is 3.25 bits per heavy atom. The molecule has 1 aromatic heterocycles. The van der Waals surface area contributed by atoms with Crippen molar-refractivity contribution >= 4 is 17.2 Å². The number of hydrogen-bond donors (Lipinski definition) is 2. The molecule has 0 radical (unpaired) electrons. The van der Waals surface area contributed by atoms with Crippen LogP contribution in [0.2, 0.25) is 0 Å². The number of thiazole rings is 1. The Balaban J connectivity index is 1.71. The van der Waals surface area contributed by atoms with Crippen molar-refractivity contribution in [3.63, 3.8) is 0 Å². The maximum absolute atomic E-state index is 11.6. The third kappa shape index (κ3) is 3.28. The molecule has 0 saturated carbocycles. The first-order valence-corrected chi connectivity index (χ1v) is 6.47. The number of aromatic nitrogens is 1. The van der Waals surface area contributed by atoms with Crippen LogP contribution in [0.15, 0.2) is 6.20 Å². The van der Waals surface area contributed by atoms with Crippen LogP contribution in [0.1, 0.15) is 29.1 Å². The number of rotatable bonds is 4. The van der Waals surface area contributed by atoms with Crippen LogP contribution in [-0.2, 0) is 11.3 Å².